The van der Waals surface area contributed by atoms with Gasteiger partial charge in [-0.05, 0) is 43.2 Å². The number of aryl methyl sites for hydroxylation is 1. The molecule has 0 aliphatic rings. The Morgan fingerprint density at radius 2 is 1.88 bits per heavy atom. The maximum absolute atomic E-state index is 12.9. The van der Waals surface area contributed by atoms with Crippen LogP contribution in [0.15, 0.2) is 42.5 Å². The van der Waals surface area contributed by atoms with E-state index in [0.29, 0.717) is 12.1 Å². The zero-order chi connectivity index (χ0) is 18.4. The van der Waals surface area contributed by atoms with Gasteiger partial charge in [0, 0.05) is 12.1 Å². The molecule has 0 heterocycles. The zero-order valence-electron chi connectivity index (χ0n) is 14.1. The van der Waals surface area contributed by atoms with Gasteiger partial charge in [0.2, 0.25) is 5.91 Å². The van der Waals surface area contributed by atoms with E-state index in [1.165, 1.54) is 6.07 Å². The van der Waals surface area contributed by atoms with E-state index < -0.39 is 17.6 Å². The van der Waals surface area contributed by atoms with Crippen molar-refractivity contribution in [1.82, 2.24) is 0 Å². The molecule has 0 aliphatic heterocycles. The third-order valence-electron chi connectivity index (χ3n) is 3.56. The Morgan fingerprint density at radius 3 is 2.50 bits per heavy atom. The van der Waals surface area contributed by atoms with Crippen LogP contribution in [0, 0.1) is 0 Å². The normalized spacial score (nSPS) is 10.8. The molecule has 4 nitrogen and oxygen atoms in total. The lowest BCUT2D eigenvalue weighted by molar-refractivity contribution is -0.137. The second kappa shape index (κ2) is 9.33. The van der Waals surface area contributed by atoms with Crippen LogP contribution in [0.4, 0.5) is 24.5 Å². The van der Waals surface area contributed by atoms with E-state index >= 15 is 0 Å². The lowest BCUT2D eigenvalue weighted by Gasteiger charge is -2.15. The molecule has 0 aromatic heterocycles. The van der Waals surface area contributed by atoms with Crippen LogP contribution in [-0.2, 0) is 17.4 Å². The highest BCUT2D eigenvalue weighted by molar-refractivity contribution is 5.92. The number of hydrogen-bond donors (Lipinski definition) is 2. The molecule has 0 aliphatic carbocycles. The molecule has 142 valence electrons. The first-order valence-corrected chi connectivity index (χ1v) is 7.78. The first kappa shape index (κ1) is 21.6. The Bertz CT molecular complexity index is 751. The van der Waals surface area contributed by atoms with E-state index in [9.17, 15) is 18.0 Å². The molecular weight excluding hydrogens is 369 g/mol. The molecule has 8 heteroatoms. The summed E-state index contributed by atoms with van der Waals surface area (Å²) in [5.41, 5.74) is 6.35. The van der Waals surface area contributed by atoms with Crippen LogP contribution in [0.1, 0.15) is 24.5 Å². The van der Waals surface area contributed by atoms with Crippen molar-refractivity contribution in [3.8, 4) is 5.75 Å². The molecule has 0 unspecified atom stereocenters. The summed E-state index contributed by atoms with van der Waals surface area (Å²) in [7, 11) is 0. The van der Waals surface area contributed by atoms with Crippen molar-refractivity contribution >= 4 is 29.7 Å². The summed E-state index contributed by atoms with van der Waals surface area (Å²) in [6, 6.07) is 10.1. The number of nitrogens with one attached hydrogen (secondary N) is 1. The predicted octanol–water partition coefficient (Wildman–Crippen LogP) is 4.68. The fraction of sp³-hybridized carbons (Fsp3) is 0.278. The summed E-state index contributed by atoms with van der Waals surface area (Å²) < 4.78 is 43.9. The van der Waals surface area contributed by atoms with E-state index in [2.05, 4.69) is 5.32 Å². The number of alkyl halides is 3. The molecule has 2 rings (SSSR count). The van der Waals surface area contributed by atoms with Crippen LogP contribution in [-0.4, -0.2) is 12.5 Å². The van der Waals surface area contributed by atoms with Gasteiger partial charge < -0.3 is 15.8 Å². The molecule has 26 heavy (non-hydrogen) atoms. The zero-order valence-corrected chi connectivity index (χ0v) is 14.9. The molecule has 2 aromatic rings. The number of rotatable bonds is 6. The minimum atomic E-state index is -4.50. The van der Waals surface area contributed by atoms with E-state index in [1.54, 1.807) is 25.1 Å². The smallest absolute Gasteiger partial charge is 0.416 e. The van der Waals surface area contributed by atoms with Crippen LogP contribution >= 0.6 is 12.4 Å². The summed E-state index contributed by atoms with van der Waals surface area (Å²) in [5, 5.41) is 2.49. The van der Waals surface area contributed by atoms with Crippen LogP contribution in [0.3, 0.4) is 0 Å². The highest BCUT2D eigenvalue weighted by Crippen LogP contribution is 2.35. The lowest BCUT2D eigenvalue weighted by Crippen LogP contribution is -2.15. The number of anilines is 2. The number of benzene rings is 2. The van der Waals surface area contributed by atoms with Gasteiger partial charge in [-0.2, -0.15) is 13.2 Å². The number of nitrogens with two attached hydrogens (primary N) is 1. The highest BCUT2D eigenvalue weighted by atomic mass is 35.5. The molecule has 0 spiro atoms. The minimum Gasteiger partial charge on any atom is -0.492 e. The van der Waals surface area contributed by atoms with Gasteiger partial charge in [0.15, 0.2) is 0 Å². The fourth-order valence-corrected chi connectivity index (χ4v) is 2.31. The summed E-state index contributed by atoms with van der Waals surface area (Å²) in [6.45, 7) is 1.98. The van der Waals surface area contributed by atoms with Crippen molar-refractivity contribution in [2.75, 3.05) is 17.7 Å². The summed E-state index contributed by atoms with van der Waals surface area (Å²) >= 11 is 0. The molecule has 2 aromatic carbocycles. The van der Waals surface area contributed by atoms with Crippen molar-refractivity contribution < 1.29 is 22.7 Å². The summed E-state index contributed by atoms with van der Waals surface area (Å²) in [4.78, 5) is 12.1. The summed E-state index contributed by atoms with van der Waals surface area (Å²) in [5.74, 6) is -0.216. The number of para-hydroxylation sites is 1. The van der Waals surface area contributed by atoms with E-state index in [-0.39, 0.29) is 36.9 Å². The fourth-order valence-electron chi connectivity index (χ4n) is 2.31. The average molecular weight is 389 g/mol. The molecule has 0 atom stereocenters. The van der Waals surface area contributed by atoms with Gasteiger partial charge in [0.25, 0.3) is 0 Å². The van der Waals surface area contributed by atoms with Crippen molar-refractivity contribution in [3.05, 3.63) is 53.6 Å². The SMILES string of the molecule is CCOc1ccc(C(F)(F)F)cc1NC(=O)CCc1ccccc1N.Cl. The standard InChI is InChI=1S/C18H19F3N2O2.ClH/c1-2-25-16-9-8-13(18(19,20)21)11-15(16)23-17(24)10-7-12-5-3-4-6-14(12)22;/h3-6,8-9,11H,2,7,10,22H2,1H3,(H,23,24);1H. The van der Waals surface area contributed by atoms with E-state index in [1.807, 2.05) is 6.07 Å². The third-order valence-corrected chi connectivity index (χ3v) is 3.56. The Balaban J connectivity index is 0.00000338. The Hall–Kier alpha value is -2.41. The minimum absolute atomic E-state index is 0. The third kappa shape index (κ3) is 5.84. The molecule has 0 bridgehead atoms. The number of nitrogen functional groups attached to an aromatic ring is 1. The first-order chi connectivity index (χ1) is 11.8. The second-order valence-corrected chi connectivity index (χ2v) is 5.39. The highest BCUT2D eigenvalue weighted by Gasteiger charge is 2.31. The number of halogens is 4. The topological polar surface area (TPSA) is 64.3 Å². The second-order valence-electron chi connectivity index (χ2n) is 5.39. The number of carbonyl (C=O) groups excluding carboxylic acids is 1. The van der Waals surface area contributed by atoms with Crippen LogP contribution in [0.25, 0.3) is 0 Å². The number of carbonyl (C=O) groups is 1. The average Bonchev–Trinajstić information content (AvgIpc) is 2.55. The quantitative estimate of drug-likeness (QED) is 0.706. The van der Waals surface area contributed by atoms with E-state index in [4.69, 9.17) is 10.5 Å². The van der Waals surface area contributed by atoms with E-state index in [0.717, 1.165) is 17.7 Å². The van der Waals surface area contributed by atoms with Crippen molar-refractivity contribution in [3.63, 3.8) is 0 Å². The van der Waals surface area contributed by atoms with Gasteiger partial charge in [-0.1, -0.05) is 18.2 Å². The summed E-state index contributed by atoms with van der Waals surface area (Å²) in [6.07, 6.45) is -4.01. The molecule has 1 amide bonds. The van der Waals surface area contributed by atoms with Gasteiger partial charge >= 0.3 is 6.18 Å². The number of ether oxygens (including phenoxy) is 1. The van der Waals surface area contributed by atoms with Crippen molar-refractivity contribution in [2.45, 2.75) is 25.9 Å². The maximum Gasteiger partial charge on any atom is 0.416 e. The van der Waals surface area contributed by atoms with Crippen molar-refractivity contribution in [2.24, 2.45) is 0 Å². The van der Waals surface area contributed by atoms with Crippen molar-refractivity contribution in [1.29, 1.82) is 0 Å². The first-order valence-electron chi connectivity index (χ1n) is 7.78. The molecule has 3 N–H and O–H groups in total. The van der Waals surface area contributed by atoms with Gasteiger partial charge in [-0.3, -0.25) is 4.79 Å². The van der Waals surface area contributed by atoms with Crippen LogP contribution < -0.4 is 15.8 Å². The Labute approximate surface area is 155 Å². The lowest BCUT2D eigenvalue weighted by atomic mass is 10.1. The van der Waals surface area contributed by atoms with Gasteiger partial charge in [-0.25, -0.2) is 0 Å². The Morgan fingerprint density at radius 1 is 1.19 bits per heavy atom. The van der Waals surface area contributed by atoms with Gasteiger partial charge in [0.1, 0.15) is 5.75 Å². The molecule has 0 fully saturated rings. The molecule has 0 radical (unpaired) electrons. The van der Waals surface area contributed by atoms with Gasteiger partial charge in [0.05, 0.1) is 17.9 Å². The number of amides is 1. The van der Waals surface area contributed by atoms with Gasteiger partial charge in [-0.15, -0.1) is 12.4 Å². The molecule has 0 saturated carbocycles. The predicted molar refractivity (Wildman–Crippen MR) is 97.7 cm³/mol. The molecule has 0 saturated heterocycles. The van der Waals surface area contributed by atoms with Crippen LogP contribution in [0.5, 0.6) is 5.75 Å². The largest absolute Gasteiger partial charge is 0.492 e. The maximum atomic E-state index is 12.9. The monoisotopic (exact) mass is 388 g/mol. The molecular formula is C18H20ClF3N2O2. The number of hydrogen-bond acceptors (Lipinski definition) is 3. The van der Waals surface area contributed by atoms with Crippen LogP contribution in [0.2, 0.25) is 0 Å². The Kier molecular flexibility index (Phi) is 7.76.